The predicted molar refractivity (Wildman–Crippen MR) is 142 cm³/mol. The number of nitrogens with one attached hydrogen (secondary N) is 1. The van der Waals surface area contributed by atoms with Gasteiger partial charge in [0.25, 0.3) is 0 Å². The number of nitrogens with zero attached hydrogens (tertiary/aromatic N) is 4. The molecular formula is C26H37N5O5S. The van der Waals surface area contributed by atoms with Crippen molar-refractivity contribution in [1.82, 2.24) is 14.3 Å². The summed E-state index contributed by atoms with van der Waals surface area (Å²) in [5, 5.41) is 2.42. The fourth-order valence-corrected chi connectivity index (χ4v) is 6.03. The minimum absolute atomic E-state index is 0.0253. The molecule has 2 fully saturated rings. The first-order valence-corrected chi connectivity index (χ1v) is 14.5. The lowest BCUT2D eigenvalue weighted by atomic mass is 9.97. The minimum atomic E-state index is -3.30. The van der Waals surface area contributed by atoms with Crippen LogP contribution in [0.3, 0.4) is 0 Å². The predicted octanol–water partition coefficient (Wildman–Crippen LogP) is 3.31. The molecule has 0 aliphatic carbocycles. The van der Waals surface area contributed by atoms with Gasteiger partial charge in [0.1, 0.15) is 11.9 Å². The summed E-state index contributed by atoms with van der Waals surface area (Å²) in [7, 11) is -3.30. The van der Waals surface area contributed by atoms with Gasteiger partial charge in [0.2, 0.25) is 15.9 Å². The molecule has 0 spiro atoms. The summed E-state index contributed by atoms with van der Waals surface area (Å²) in [5.74, 6) is 2.13. The van der Waals surface area contributed by atoms with Crippen LogP contribution in [0.15, 0.2) is 36.7 Å². The van der Waals surface area contributed by atoms with Gasteiger partial charge in [-0.2, -0.15) is 0 Å². The van der Waals surface area contributed by atoms with Crippen molar-refractivity contribution in [2.75, 3.05) is 43.0 Å². The van der Waals surface area contributed by atoms with E-state index in [1.54, 1.807) is 20.0 Å². The number of piperidine rings is 2. The lowest BCUT2D eigenvalue weighted by molar-refractivity contribution is -0.120. The Hall–Kier alpha value is -2.92. The first-order valence-electron chi connectivity index (χ1n) is 13.0. The first-order chi connectivity index (χ1) is 17.8. The third-order valence-corrected chi connectivity index (χ3v) is 9.07. The van der Waals surface area contributed by atoms with Gasteiger partial charge >= 0.3 is 0 Å². The van der Waals surface area contributed by atoms with Gasteiger partial charge in [-0.15, -0.1) is 0 Å². The summed E-state index contributed by atoms with van der Waals surface area (Å²) in [5.41, 5.74) is 0. The minimum Gasteiger partial charge on any atom is -0.490 e. The molecule has 37 heavy (non-hydrogen) atoms. The molecule has 2 saturated heterocycles. The number of sulfonamides is 1. The number of carbonyl (C=O) groups is 1. The van der Waals surface area contributed by atoms with Crippen molar-refractivity contribution in [2.24, 2.45) is 5.92 Å². The van der Waals surface area contributed by atoms with Crippen LogP contribution in [0.1, 0.15) is 46.5 Å². The van der Waals surface area contributed by atoms with Crippen LogP contribution >= 0.6 is 0 Å². The van der Waals surface area contributed by atoms with E-state index in [9.17, 15) is 13.2 Å². The van der Waals surface area contributed by atoms with E-state index >= 15 is 0 Å². The Balaban J connectivity index is 1.34. The Morgan fingerprint density at radius 2 is 1.84 bits per heavy atom. The lowest BCUT2D eigenvalue weighted by Crippen LogP contribution is -2.44. The summed E-state index contributed by atoms with van der Waals surface area (Å²) >= 11 is 0. The first kappa shape index (κ1) is 27.1. The fourth-order valence-electron chi connectivity index (χ4n) is 4.71. The van der Waals surface area contributed by atoms with E-state index in [0.29, 0.717) is 50.7 Å². The van der Waals surface area contributed by atoms with Crippen LogP contribution in [-0.4, -0.2) is 72.7 Å². The van der Waals surface area contributed by atoms with Gasteiger partial charge < -0.3 is 19.7 Å². The number of amides is 1. The number of rotatable bonds is 9. The largest absolute Gasteiger partial charge is 0.490 e. The molecule has 4 rings (SSSR count). The standard InChI is InChI=1S/C26H37N5O5S/c1-4-35-22-9-5-6-10-23(22)36-21-8-7-13-30(18-21)25-17-27-16-24(28-25)29-26(32)20-11-14-31(15-12-20)37(33,34)19(2)3/h5-6,9-10,16-17,19-21H,4,7-8,11-15,18H2,1-3H3,(H,28,29,32). The molecule has 2 aliphatic heterocycles. The van der Waals surface area contributed by atoms with E-state index in [2.05, 4.69) is 20.2 Å². The van der Waals surface area contributed by atoms with Gasteiger partial charge in [-0.25, -0.2) is 17.7 Å². The summed E-state index contributed by atoms with van der Waals surface area (Å²) in [6.45, 7) is 8.05. The number of ether oxygens (including phenoxy) is 2. The number of hydrogen-bond donors (Lipinski definition) is 1. The zero-order valence-corrected chi connectivity index (χ0v) is 22.6. The van der Waals surface area contributed by atoms with Crippen LogP contribution in [0, 0.1) is 5.92 Å². The highest BCUT2D eigenvalue weighted by Gasteiger charge is 2.33. The van der Waals surface area contributed by atoms with Gasteiger partial charge in [-0.05, 0) is 58.6 Å². The summed E-state index contributed by atoms with van der Waals surface area (Å²) in [4.78, 5) is 24.0. The van der Waals surface area contributed by atoms with Crippen molar-refractivity contribution in [2.45, 2.75) is 57.8 Å². The highest BCUT2D eigenvalue weighted by atomic mass is 32.2. The zero-order valence-electron chi connectivity index (χ0n) is 21.8. The van der Waals surface area contributed by atoms with Gasteiger partial charge in [0.05, 0.1) is 30.8 Å². The average molecular weight is 532 g/mol. The second-order valence-electron chi connectivity index (χ2n) is 9.73. The number of hydrogen-bond acceptors (Lipinski definition) is 8. The van der Waals surface area contributed by atoms with Crippen molar-refractivity contribution in [1.29, 1.82) is 0 Å². The average Bonchev–Trinajstić information content (AvgIpc) is 2.90. The van der Waals surface area contributed by atoms with E-state index in [0.717, 1.165) is 30.9 Å². The molecule has 0 bridgehead atoms. The fraction of sp³-hybridized carbons (Fsp3) is 0.577. The smallest absolute Gasteiger partial charge is 0.228 e. The van der Waals surface area contributed by atoms with E-state index in [1.807, 2.05) is 31.2 Å². The maximum absolute atomic E-state index is 12.9. The van der Waals surface area contributed by atoms with Crippen molar-refractivity contribution in [3.8, 4) is 11.5 Å². The molecule has 1 N–H and O–H groups in total. The van der Waals surface area contributed by atoms with Gasteiger partial charge in [0, 0.05) is 25.6 Å². The topological polar surface area (TPSA) is 114 Å². The number of para-hydroxylation sites is 2. The molecule has 1 aromatic heterocycles. The van der Waals surface area contributed by atoms with Crippen molar-refractivity contribution in [3.05, 3.63) is 36.7 Å². The molecule has 1 aromatic carbocycles. The summed E-state index contributed by atoms with van der Waals surface area (Å²) in [6, 6.07) is 7.69. The molecule has 202 valence electrons. The lowest BCUT2D eigenvalue weighted by Gasteiger charge is -2.34. The maximum atomic E-state index is 12.9. The molecule has 0 saturated carbocycles. The Labute approximate surface area is 219 Å². The van der Waals surface area contributed by atoms with E-state index < -0.39 is 15.3 Å². The van der Waals surface area contributed by atoms with Crippen LogP contribution in [0.2, 0.25) is 0 Å². The molecule has 10 nitrogen and oxygen atoms in total. The number of carbonyl (C=O) groups excluding carboxylic acids is 1. The number of benzene rings is 1. The third-order valence-electron chi connectivity index (χ3n) is 6.80. The Bertz CT molecular complexity index is 1170. The quantitative estimate of drug-likeness (QED) is 0.524. The number of anilines is 2. The van der Waals surface area contributed by atoms with Crippen LogP contribution in [-0.2, 0) is 14.8 Å². The second-order valence-corrected chi connectivity index (χ2v) is 12.2. The van der Waals surface area contributed by atoms with Crippen molar-refractivity contribution in [3.63, 3.8) is 0 Å². The normalized spacial score (nSPS) is 19.6. The van der Waals surface area contributed by atoms with Gasteiger partial charge in [0.15, 0.2) is 17.3 Å². The Morgan fingerprint density at radius 1 is 1.11 bits per heavy atom. The molecule has 2 aliphatic rings. The summed E-state index contributed by atoms with van der Waals surface area (Å²) < 4.78 is 38.3. The van der Waals surface area contributed by atoms with Crippen LogP contribution < -0.4 is 19.7 Å². The molecule has 1 amide bonds. The van der Waals surface area contributed by atoms with Crippen LogP contribution in [0.5, 0.6) is 11.5 Å². The van der Waals surface area contributed by atoms with E-state index in [4.69, 9.17) is 9.47 Å². The second kappa shape index (κ2) is 12.1. The van der Waals surface area contributed by atoms with Crippen molar-refractivity contribution < 1.29 is 22.7 Å². The highest BCUT2D eigenvalue weighted by Crippen LogP contribution is 2.30. The van der Waals surface area contributed by atoms with Gasteiger partial charge in [-0.3, -0.25) is 9.78 Å². The molecule has 0 radical (unpaired) electrons. The van der Waals surface area contributed by atoms with E-state index in [1.165, 1.54) is 10.5 Å². The van der Waals surface area contributed by atoms with Gasteiger partial charge in [-0.1, -0.05) is 12.1 Å². The maximum Gasteiger partial charge on any atom is 0.228 e. The summed E-state index contributed by atoms with van der Waals surface area (Å²) in [6.07, 6.45) is 6.04. The zero-order chi connectivity index (χ0) is 26.4. The highest BCUT2D eigenvalue weighted by molar-refractivity contribution is 7.89. The monoisotopic (exact) mass is 531 g/mol. The SMILES string of the molecule is CCOc1ccccc1OC1CCCN(c2cncc(NC(=O)C3CCN(S(=O)(=O)C(C)C)CC3)n2)C1. The van der Waals surface area contributed by atoms with Crippen molar-refractivity contribution >= 4 is 27.6 Å². The molecule has 2 aromatic rings. The van der Waals surface area contributed by atoms with E-state index in [-0.39, 0.29) is 17.9 Å². The molecular weight excluding hydrogens is 494 g/mol. The molecule has 3 heterocycles. The Kier molecular flexibility index (Phi) is 8.86. The molecule has 11 heteroatoms. The molecule has 1 unspecified atom stereocenters. The number of aromatic nitrogens is 2. The Morgan fingerprint density at radius 3 is 2.54 bits per heavy atom. The van der Waals surface area contributed by atoms with Crippen LogP contribution in [0.25, 0.3) is 0 Å². The third kappa shape index (κ3) is 6.70. The van der Waals surface area contributed by atoms with Crippen LogP contribution in [0.4, 0.5) is 11.6 Å². The molecule has 1 atom stereocenters.